The highest BCUT2D eigenvalue weighted by Crippen LogP contribution is 2.15. The van der Waals surface area contributed by atoms with Crippen molar-refractivity contribution < 1.29 is 4.79 Å². The van der Waals surface area contributed by atoms with Gasteiger partial charge in [0.05, 0.1) is 17.8 Å². The molecule has 2 heterocycles. The van der Waals surface area contributed by atoms with E-state index in [-0.39, 0.29) is 11.7 Å². The smallest absolute Gasteiger partial charge is 0.220 e. The summed E-state index contributed by atoms with van der Waals surface area (Å²) < 4.78 is 0. The van der Waals surface area contributed by atoms with Crippen LogP contribution in [0.5, 0.6) is 0 Å². The summed E-state index contributed by atoms with van der Waals surface area (Å²) in [5.41, 5.74) is 6.75. The third-order valence-corrected chi connectivity index (χ3v) is 2.02. The normalized spacial score (nSPS) is 17.2. The molecule has 13 heavy (non-hydrogen) atoms. The Hall–Kier alpha value is -1.49. The number of ketones is 1. The summed E-state index contributed by atoms with van der Waals surface area (Å²) in [6.07, 6.45) is 1.51. The van der Waals surface area contributed by atoms with E-state index in [9.17, 15) is 4.79 Å². The number of fused-ring (bicyclic) bond motifs is 1. The summed E-state index contributed by atoms with van der Waals surface area (Å²) in [7, 11) is 1.87. The maximum Gasteiger partial charge on any atom is 0.220 e. The molecule has 2 N–H and O–H groups in total. The minimum atomic E-state index is 0.0590. The lowest BCUT2D eigenvalue weighted by molar-refractivity contribution is 0.0920. The number of hydrogen-bond acceptors (Lipinski definition) is 5. The van der Waals surface area contributed by atoms with Gasteiger partial charge in [0.15, 0.2) is 5.78 Å². The van der Waals surface area contributed by atoms with Crippen LogP contribution in [0.1, 0.15) is 16.1 Å². The summed E-state index contributed by atoms with van der Waals surface area (Å²) in [6, 6.07) is 0. The Morgan fingerprint density at radius 3 is 3.08 bits per heavy atom. The second-order valence-corrected chi connectivity index (χ2v) is 3.18. The predicted octanol–water partition coefficient (Wildman–Crippen LogP) is -0.313. The van der Waals surface area contributed by atoms with Crippen molar-refractivity contribution >= 4 is 11.7 Å². The van der Waals surface area contributed by atoms with Crippen molar-refractivity contribution in [1.82, 2.24) is 14.9 Å². The van der Waals surface area contributed by atoms with Gasteiger partial charge >= 0.3 is 0 Å². The number of hydrogen-bond donors (Lipinski definition) is 1. The van der Waals surface area contributed by atoms with E-state index in [4.69, 9.17) is 5.73 Å². The molecule has 0 aliphatic carbocycles. The van der Waals surface area contributed by atoms with Gasteiger partial charge < -0.3 is 5.73 Å². The van der Waals surface area contributed by atoms with E-state index >= 15 is 0 Å². The molecular formula is C8H10N4O. The molecule has 0 saturated carbocycles. The van der Waals surface area contributed by atoms with E-state index in [1.54, 1.807) is 0 Å². The summed E-state index contributed by atoms with van der Waals surface area (Å²) in [5, 5.41) is 0. The number of rotatable bonds is 0. The molecule has 0 aromatic carbocycles. The molecule has 1 aliphatic heterocycles. The van der Waals surface area contributed by atoms with Crippen LogP contribution in [0, 0.1) is 0 Å². The molecule has 1 aliphatic rings. The highest BCUT2D eigenvalue weighted by molar-refractivity contribution is 5.99. The Morgan fingerprint density at radius 2 is 2.31 bits per heavy atom. The first-order valence-electron chi connectivity index (χ1n) is 4.00. The van der Waals surface area contributed by atoms with Crippen molar-refractivity contribution in [2.24, 2.45) is 0 Å². The standard InChI is InChI=1S/C8H10N4O/c1-12-3-6-5(7(13)4-12)2-10-8(9)11-6/h2H,3-4H2,1H3,(H2,9,10,11). The third-order valence-electron chi connectivity index (χ3n) is 2.02. The fourth-order valence-corrected chi connectivity index (χ4v) is 1.43. The van der Waals surface area contributed by atoms with Crippen molar-refractivity contribution in [2.75, 3.05) is 19.3 Å². The van der Waals surface area contributed by atoms with Crippen molar-refractivity contribution in [3.8, 4) is 0 Å². The number of carbonyl (C=O) groups excluding carboxylic acids is 1. The van der Waals surface area contributed by atoms with Crippen LogP contribution in [0.4, 0.5) is 5.95 Å². The molecule has 1 aromatic rings. The van der Waals surface area contributed by atoms with E-state index in [2.05, 4.69) is 9.97 Å². The molecule has 5 nitrogen and oxygen atoms in total. The topological polar surface area (TPSA) is 72.1 Å². The van der Waals surface area contributed by atoms with Crippen molar-refractivity contribution in [3.63, 3.8) is 0 Å². The van der Waals surface area contributed by atoms with E-state index < -0.39 is 0 Å². The number of carbonyl (C=O) groups is 1. The molecule has 68 valence electrons. The molecular weight excluding hydrogens is 168 g/mol. The quantitative estimate of drug-likeness (QED) is 0.589. The Labute approximate surface area is 75.6 Å². The second-order valence-electron chi connectivity index (χ2n) is 3.18. The zero-order valence-corrected chi connectivity index (χ0v) is 7.32. The average Bonchev–Trinajstić information content (AvgIpc) is 2.02. The van der Waals surface area contributed by atoms with E-state index in [1.165, 1.54) is 6.20 Å². The molecule has 1 aromatic heterocycles. The van der Waals surface area contributed by atoms with Crippen LogP contribution in [0.2, 0.25) is 0 Å². The van der Waals surface area contributed by atoms with Gasteiger partial charge in [-0.25, -0.2) is 9.97 Å². The lowest BCUT2D eigenvalue weighted by Crippen LogP contribution is -2.33. The highest BCUT2D eigenvalue weighted by Gasteiger charge is 2.22. The van der Waals surface area contributed by atoms with Gasteiger partial charge in [0, 0.05) is 12.7 Å². The zero-order valence-electron chi connectivity index (χ0n) is 7.32. The fourth-order valence-electron chi connectivity index (χ4n) is 1.43. The molecule has 0 bridgehead atoms. The monoisotopic (exact) mass is 178 g/mol. The third kappa shape index (κ3) is 1.38. The SMILES string of the molecule is CN1CC(=O)c2cnc(N)nc2C1. The first-order chi connectivity index (χ1) is 6.16. The first kappa shape index (κ1) is 8.12. The minimum absolute atomic E-state index is 0.0590. The van der Waals surface area contributed by atoms with Crippen LogP contribution in [0.15, 0.2) is 6.20 Å². The lowest BCUT2D eigenvalue weighted by atomic mass is 10.1. The molecule has 2 rings (SSSR count). The maximum atomic E-state index is 11.4. The van der Waals surface area contributed by atoms with Crippen molar-refractivity contribution in [1.29, 1.82) is 0 Å². The number of nitrogens with two attached hydrogens (primary N) is 1. The average molecular weight is 178 g/mol. The number of Topliss-reactive ketones (excluding diaryl/α,β-unsaturated/α-hetero) is 1. The second kappa shape index (κ2) is 2.77. The summed E-state index contributed by atoms with van der Waals surface area (Å²) in [5.74, 6) is 0.283. The molecule has 0 spiro atoms. The molecule has 0 atom stereocenters. The van der Waals surface area contributed by atoms with Gasteiger partial charge in [-0.15, -0.1) is 0 Å². The van der Waals surface area contributed by atoms with E-state index in [0.717, 1.165) is 5.69 Å². The van der Waals surface area contributed by atoms with Gasteiger partial charge in [0.2, 0.25) is 5.95 Å². The van der Waals surface area contributed by atoms with Gasteiger partial charge in [0.1, 0.15) is 0 Å². The zero-order chi connectivity index (χ0) is 9.42. The van der Waals surface area contributed by atoms with Crippen LogP contribution in [-0.4, -0.2) is 34.2 Å². The number of anilines is 1. The number of likely N-dealkylation sites (N-methyl/N-ethyl adjacent to an activating group) is 1. The Kier molecular flexibility index (Phi) is 1.73. The van der Waals surface area contributed by atoms with Crippen LogP contribution in [0.25, 0.3) is 0 Å². The summed E-state index contributed by atoms with van der Waals surface area (Å²) in [6.45, 7) is 1.09. The molecule has 0 amide bonds. The van der Waals surface area contributed by atoms with Gasteiger partial charge in [-0.05, 0) is 7.05 Å². The minimum Gasteiger partial charge on any atom is -0.368 e. The Balaban J connectivity index is 2.49. The van der Waals surface area contributed by atoms with Gasteiger partial charge in [-0.1, -0.05) is 0 Å². The predicted molar refractivity (Wildman–Crippen MR) is 47.1 cm³/mol. The van der Waals surface area contributed by atoms with Crippen molar-refractivity contribution in [2.45, 2.75) is 6.54 Å². The molecule has 0 radical (unpaired) electrons. The molecule has 5 heteroatoms. The van der Waals surface area contributed by atoms with Crippen LogP contribution in [-0.2, 0) is 6.54 Å². The first-order valence-corrected chi connectivity index (χ1v) is 4.00. The fraction of sp³-hybridized carbons (Fsp3) is 0.375. The largest absolute Gasteiger partial charge is 0.368 e. The van der Waals surface area contributed by atoms with Crippen molar-refractivity contribution in [3.05, 3.63) is 17.5 Å². The van der Waals surface area contributed by atoms with Gasteiger partial charge in [0.25, 0.3) is 0 Å². The maximum absolute atomic E-state index is 11.4. The van der Waals surface area contributed by atoms with Gasteiger partial charge in [-0.3, -0.25) is 9.69 Å². The van der Waals surface area contributed by atoms with Crippen LogP contribution < -0.4 is 5.73 Å². The molecule has 0 unspecified atom stereocenters. The summed E-state index contributed by atoms with van der Waals surface area (Å²) in [4.78, 5) is 21.2. The van der Waals surface area contributed by atoms with E-state index in [1.807, 2.05) is 11.9 Å². The summed E-state index contributed by atoms with van der Waals surface area (Å²) >= 11 is 0. The van der Waals surface area contributed by atoms with Crippen LogP contribution in [0.3, 0.4) is 0 Å². The van der Waals surface area contributed by atoms with E-state index in [0.29, 0.717) is 18.7 Å². The lowest BCUT2D eigenvalue weighted by Gasteiger charge is -2.22. The van der Waals surface area contributed by atoms with Crippen LogP contribution >= 0.6 is 0 Å². The number of aromatic nitrogens is 2. The molecule has 0 fully saturated rings. The number of nitrogens with zero attached hydrogens (tertiary/aromatic N) is 3. The number of nitrogen functional groups attached to an aromatic ring is 1. The van der Waals surface area contributed by atoms with Gasteiger partial charge in [-0.2, -0.15) is 0 Å². The molecule has 0 saturated heterocycles. The Bertz CT molecular complexity index is 363. The highest BCUT2D eigenvalue weighted by atomic mass is 16.1. The Morgan fingerprint density at radius 1 is 1.54 bits per heavy atom.